The van der Waals surface area contributed by atoms with Crippen molar-refractivity contribution in [3.05, 3.63) is 59.8 Å². The number of ether oxygens (including phenoxy) is 2. The van der Waals surface area contributed by atoms with E-state index >= 15 is 0 Å². The second-order valence-corrected chi connectivity index (χ2v) is 10.6. The maximum atomic E-state index is 14.3. The van der Waals surface area contributed by atoms with Gasteiger partial charge in [-0.1, -0.05) is 49.4 Å². The van der Waals surface area contributed by atoms with Crippen molar-refractivity contribution in [2.75, 3.05) is 26.7 Å². The van der Waals surface area contributed by atoms with Gasteiger partial charge in [-0.2, -0.15) is 0 Å². The summed E-state index contributed by atoms with van der Waals surface area (Å²) in [5.41, 5.74) is 4.32. The van der Waals surface area contributed by atoms with Gasteiger partial charge in [0.05, 0.1) is 38.0 Å². The molecule has 8 nitrogen and oxygen atoms in total. The van der Waals surface area contributed by atoms with Crippen LogP contribution in [0.3, 0.4) is 0 Å². The van der Waals surface area contributed by atoms with Crippen LogP contribution in [-0.4, -0.2) is 76.5 Å². The highest BCUT2D eigenvalue weighted by Gasteiger charge is 2.34. The highest BCUT2D eigenvalue weighted by atomic mass is 16.6. The molecule has 0 saturated heterocycles. The highest BCUT2D eigenvalue weighted by Crippen LogP contribution is 2.38. The SMILES string of the molecule is CC(C)OC(=O)N(C)C[C@@H]1OCc2ccccc2-c2c(n(C)c3ccccc23)C(=O)N([C@@H](C)CO)C[C@H]1C. The molecule has 3 aromatic rings. The molecular formula is C30H39N3O5. The van der Waals surface area contributed by atoms with Gasteiger partial charge in [-0.05, 0) is 38.0 Å². The minimum atomic E-state index is -0.416. The number of fused-ring (bicyclic) bond motifs is 5. The second-order valence-electron chi connectivity index (χ2n) is 10.6. The minimum absolute atomic E-state index is 0.134. The molecule has 0 aliphatic carbocycles. The Balaban J connectivity index is 1.84. The topological polar surface area (TPSA) is 84.2 Å². The number of likely N-dealkylation sites (N-methyl/N-ethyl adjacent to an activating group) is 1. The van der Waals surface area contributed by atoms with Crippen LogP contribution in [0.1, 0.15) is 43.7 Å². The summed E-state index contributed by atoms with van der Waals surface area (Å²) >= 11 is 0. The van der Waals surface area contributed by atoms with E-state index in [1.807, 2.05) is 87.8 Å². The smallest absolute Gasteiger partial charge is 0.409 e. The lowest BCUT2D eigenvalue weighted by molar-refractivity contribution is -0.0246. The zero-order chi connectivity index (χ0) is 27.6. The Hall–Kier alpha value is -3.36. The zero-order valence-corrected chi connectivity index (χ0v) is 23.2. The number of carbonyl (C=O) groups is 2. The number of amides is 2. The molecule has 8 heteroatoms. The molecular weight excluding hydrogens is 482 g/mol. The molecule has 3 atom stereocenters. The maximum Gasteiger partial charge on any atom is 0.409 e. The lowest BCUT2D eigenvalue weighted by Gasteiger charge is -2.35. The van der Waals surface area contributed by atoms with Gasteiger partial charge in [0.15, 0.2) is 0 Å². The maximum absolute atomic E-state index is 14.3. The van der Waals surface area contributed by atoms with Crippen molar-refractivity contribution < 1.29 is 24.2 Å². The zero-order valence-electron chi connectivity index (χ0n) is 23.2. The quantitative estimate of drug-likeness (QED) is 0.527. The van der Waals surface area contributed by atoms with Crippen molar-refractivity contribution in [2.45, 2.75) is 52.6 Å². The van der Waals surface area contributed by atoms with E-state index in [0.29, 0.717) is 25.4 Å². The number of aliphatic hydroxyl groups excluding tert-OH is 1. The molecule has 2 heterocycles. The van der Waals surface area contributed by atoms with Gasteiger partial charge in [-0.25, -0.2) is 4.79 Å². The summed E-state index contributed by atoms with van der Waals surface area (Å²) in [5, 5.41) is 11.1. The Morgan fingerprint density at radius 2 is 1.84 bits per heavy atom. The molecule has 0 saturated carbocycles. The normalized spacial score (nSPS) is 19.1. The molecule has 1 aliphatic rings. The standard InChI is InChI=1S/C30H39N3O5/c1-19(2)38-30(36)31(5)16-26-20(3)15-33(21(4)17-34)29(35)28-27(23-12-8-7-11-22(23)18-37-26)24-13-9-10-14-25(24)32(28)6/h7-14,19-21,26,34H,15-18H2,1-6H3/t20-,21+,26+/m1/s1. The fourth-order valence-electron chi connectivity index (χ4n) is 5.16. The van der Waals surface area contributed by atoms with E-state index in [1.165, 1.54) is 4.90 Å². The number of carbonyl (C=O) groups excluding carboxylic acids is 2. The fraction of sp³-hybridized carbons (Fsp3) is 0.467. The van der Waals surface area contributed by atoms with E-state index in [2.05, 4.69) is 0 Å². The number of hydrogen-bond acceptors (Lipinski definition) is 5. The first-order chi connectivity index (χ1) is 18.1. The summed E-state index contributed by atoms with van der Waals surface area (Å²) < 4.78 is 13.8. The van der Waals surface area contributed by atoms with Crippen LogP contribution in [0.5, 0.6) is 0 Å². The van der Waals surface area contributed by atoms with E-state index in [-0.39, 0.29) is 30.6 Å². The Bertz CT molecular complexity index is 1300. The third-order valence-corrected chi connectivity index (χ3v) is 7.33. The van der Waals surface area contributed by atoms with Gasteiger partial charge >= 0.3 is 6.09 Å². The molecule has 0 spiro atoms. The molecule has 1 aliphatic heterocycles. The Kier molecular flexibility index (Phi) is 8.43. The van der Waals surface area contributed by atoms with E-state index in [1.54, 1.807) is 11.9 Å². The number of para-hydroxylation sites is 1. The highest BCUT2D eigenvalue weighted by molar-refractivity contribution is 6.10. The van der Waals surface area contributed by atoms with Crippen molar-refractivity contribution in [3.63, 3.8) is 0 Å². The van der Waals surface area contributed by atoms with E-state index in [0.717, 1.165) is 27.6 Å². The third-order valence-electron chi connectivity index (χ3n) is 7.33. The minimum Gasteiger partial charge on any atom is -0.447 e. The molecule has 0 radical (unpaired) electrons. The molecule has 4 rings (SSSR count). The average molecular weight is 522 g/mol. The Morgan fingerprint density at radius 1 is 1.16 bits per heavy atom. The number of aryl methyl sites for hydroxylation is 1. The van der Waals surface area contributed by atoms with Crippen LogP contribution in [0.4, 0.5) is 4.79 Å². The summed E-state index contributed by atoms with van der Waals surface area (Å²) in [7, 11) is 3.61. The first-order valence-corrected chi connectivity index (χ1v) is 13.2. The first kappa shape index (κ1) is 27.7. The molecule has 1 N–H and O–H groups in total. The van der Waals surface area contributed by atoms with Crippen LogP contribution in [0.25, 0.3) is 22.0 Å². The van der Waals surface area contributed by atoms with Crippen LogP contribution in [0, 0.1) is 5.92 Å². The van der Waals surface area contributed by atoms with Crippen LogP contribution >= 0.6 is 0 Å². The van der Waals surface area contributed by atoms with Crippen molar-refractivity contribution in [1.82, 2.24) is 14.4 Å². The number of hydrogen-bond donors (Lipinski definition) is 1. The van der Waals surface area contributed by atoms with Crippen molar-refractivity contribution >= 4 is 22.9 Å². The molecule has 0 bridgehead atoms. The molecule has 2 amide bonds. The summed E-state index contributed by atoms with van der Waals surface area (Å²) in [4.78, 5) is 30.2. The first-order valence-electron chi connectivity index (χ1n) is 13.2. The molecule has 0 fully saturated rings. The Labute approximate surface area is 224 Å². The van der Waals surface area contributed by atoms with Crippen LogP contribution < -0.4 is 0 Å². The van der Waals surface area contributed by atoms with Gasteiger partial charge in [-0.3, -0.25) is 4.79 Å². The lowest BCUT2D eigenvalue weighted by atomic mass is 9.96. The second kappa shape index (κ2) is 11.6. The van der Waals surface area contributed by atoms with E-state index in [4.69, 9.17) is 9.47 Å². The van der Waals surface area contributed by atoms with Gasteiger partial charge in [0.25, 0.3) is 5.91 Å². The largest absolute Gasteiger partial charge is 0.447 e. The summed E-state index contributed by atoms with van der Waals surface area (Å²) in [6.45, 7) is 8.32. The fourth-order valence-corrected chi connectivity index (χ4v) is 5.16. The van der Waals surface area contributed by atoms with Gasteiger partial charge in [0, 0.05) is 43.0 Å². The molecule has 38 heavy (non-hydrogen) atoms. The average Bonchev–Trinajstić information content (AvgIpc) is 3.19. The Morgan fingerprint density at radius 3 is 2.55 bits per heavy atom. The van der Waals surface area contributed by atoms with Gasteiger partial charge in [0.1, 0.15) is 5.69 Å². The number of rotatable bonds is 5. The number of benzene rings is 2. The summed E-state index contributed by atoms with van der Waals surface area (Å²) in [6, 6.07) is 15.6. The number of aromatic nitrogens is 1. The third kappa shape index (κ3) is 5.42. The van der Waals surface area contributed by atoms with E-state index in [9.17, 15) is 14.7 Å². The number of nitrogens with zero attached hydrogens (tertiary/aromatic N) is 3. The van der Waals surface area contributed by atoms with Crippen molar-refractivity contribution in [1.29, 1.82) is 0 Å². The monoisotopic (exact) mass is 521 g/mol. The van der Waals surface area contributed by atoms with Crippen molar-refractivity contribution in [2.24, 2.45) is 13.0 Å². The van der Waals surface area contributed by atoms with Crippen molar-refractivity contribution in [3.8, 4) is 11.1 Å². The molecule has 1 aromatic heterocycles. The summed E-state index contributed by atoms with van der Waals surface area (Å²) in [6.07, 6.45) is -1.01. The molecule has 2 aromatic carbocycles. The predicted octanol–water partition coefficient (Wildman–Crippen LogP) is 4.68. The summed E-state index contributed by atoms with van der Waals surface area (Å²) in [5.74, 6) is -0.277. The molecule has 0 unspecified atom stereocenters. The van der Waals surface area contributed by atoms with Crippen LogP contribution in [-0.2, 0) is 23.1 Å². The number of aliphatic hydroxyl groups is 1. The van der Waals surface area contributed by atoms with Crippen LogP contribution in [0.2, 0.25) is 0 Å². The van der Waals surface area contributed by atoms with Crippen LogP contribution in [0.15, 0.2) is 48.5 Å². The molecule has 204 valence electrons. The van der Waals surface area contributed by atoms with E-state index < -0.39 is 12.1 Å². The predicted molar refractivity (Wildman–Crippen MR) is 148 cm³/mol. The lowest BCUT2D eigenvalue weighted by Crippen LogP contribution is -2.48. The van der Waals surface area contributed by atoms with Gasteiger partial charge in [-0.15, -0.1) is 0 Å². The van der Waals surface area contributed by atoms with Gasteiger partial charge < -0.3 is 28.9 Å². The van der Waals surface area contributed by atoms with Gasteiger partial charge in [0.2, 0.25) is 0 Å².